The number of benzene rings is 1. The van der Waals surface area contributed by atoms with Crippen molar-refractivity contribution in [3.05, 3.63) is 47.7 Å². The van der Waals surface area contributed by atoms with E-state index in [-0.39, 0.29) is 11.8 Å². The third-order valence-electron chi connectivity index (χ3n) is 4.24. The van der Waals surface area contributed by atoms with Crippen molar-refractivity contribution in [1.82, 2.24) is 15.0 Å². The number of carbonyl (C=O) groups is 1. The van der Waals surface area contributed by atoms with Crippen LogP contribution in [0.3, 0.4) is 0 Å². The smallest absolute Gasteiger partial charge is 0.238 e. The number of hydrogen-bond acceptors (Lipinski definition) is 7. The zero-order chi connectivity index (χ0) is 17.9. The van der Waals surface area contributed by atoms with Crippen LogP contribution >= 0.6 is 11.3 Å². The van der Waals surface area contributed by atoms with Crippen molar-refractivity contribution < 1.29 is 14.1 Å². The lowest BCUT2D eigenvalue weighted by molar-refractivity contribution is -0.118. The molecule has 2 aromatic heterocycles. The number of para-hydroxylation sites is 2. The number of carbonyl (C=O) groups excluding carboxylic acids is 1. The van der Waals surface area contributed by atoms with Crippen LogP contribution in [0.5, 0.6) is 5.75 Å². The summed E-state index contributed by atoms with van der Waals surface area (Å²) in [5.41, 5.74) is 0.676. The van der Waals surface area contributed by atoms with E-state index in [1.807, 2.05) is 46.7 Å². The summed E-state index contributed by atoms with van der Waals surface area (Å²) >= 11 is 1.58. The van der Waals surface area contributed by atoms with Crippen LogP contribution in [0, 0.1) is 0 Å². The minimum Gasteiger partial charge on any atom is -0.495 e. The van der Waals surface area contributed by atoms with Gasteiger partial charge in [-0.3, -0.25) is 9.69 Å². The number of hydrogen-bond donors (Lipinski definition) is 1. The minimum atomic E-state index is -0.0715. The van der Waals surface area contributed by atoms with Gasteiger partial charge in [0.05, 0.1) is 30.1 Å². The molecule has 0 bridgehead atoms. The van der Waals surface area contributed by atoms with Crippen LogP contribution in [0.1, 0.15) is 11.8 Å². The van der Waals surface area contributed by atoms with E-state index in [1.165, 1.54) is 0 Å². The summed E-state index contributed by atoms with van der Waals surface area (Å²) in [6.07, 6.45) is 0. The van der Waals surface area contributed by atoms with Crippen LogP contribution in [0.25, 0.3) is 10.7 Å². The second-order valence-corrected chi connectivity index (χ2v) is 7.02. The van der Waals surface area contributed by atoms with Crippen molar-refractivity contribution in [2.24, 2.45) is 0 Å². The summed E-state index contributed by atoms with van der Waals surface area (Å²) in [5, 5.41) is 8.90. The van der Waals surface area contributed by atoms with Gasteiger partial charge in [-0.2, -0.15) is 4.98 Å². The number of likely N-dealkylation sites (tertiary alicyclic amines) is 1. The molecule has 8 heteroatoms. The molecule has 134 valence electrons. The van der Waals surface area contributed by atoms with E-state index < -0.39 is 0 Å². The van der Waals surface area contributed by atoms with Gasteiger partial charge in [0.15, 0.2) is 0 Å². The van der Waals surface area contributed by atoms with Crippen LogP contribution < -0.4 is 10.1 Å². The highest BCUT2D eigenvalue weighted by Gasteiger charge is 2.33. The van der Waals surface area contributed by atoms with E-state index in [0.29, 0.717) is 29.7 Å². The zero-order valence-corrected chi connectivity index (χ0v) is 15.0. The summed E-state index contributed by atoms with van der Waals surface area (Å²) in [5.74, 6) is 2.01. The van der Waals surface area contributed by atoms with Gasteiger partial charge in [0, 0.05) is 13.1 Å². The average Bonchev–Trinajstić information content (AvgIpc) is 3.29. The third kappa shape index (κ3) is 3.47. The molecule has 0 unspecified atom stereocenters. The van der Waals surface area contributed by atoms with E-state index in [1.54, 1.807) is 18.4 Å². The number of nitrogens with one attached hydrogen (secondary N) is 1. The van der Waals surface area contributed by atoms with Crippen molar-refractivity contribution in [3.8, 4) is 16.5 Å². The maximum Gasteiger partial charge on any atom is 0.238 e. The first-order chi connectivity index (χ1) is 12.7. The fourth-order valence-corrected chi connectivity index (χ4v) is 3.55. The quantitative estimate of drug-likeness (QED) is 0.719. The maximum absolute atomic E-state index is 12.2. The van der Waals surface area contributed by atoms with Crippen molar-refractivity contribution in [2.45, 2.75) is 5.92 Å². The largest absolute Gasteiger partial charge is 0.495 e. The normalized spacial score (nSPS) is 14.8. The highest BCUT2D eigenvalue weighted by atomic mass is 32.1. The van der Waals surface area contributed by atoms with Gasteiger partial charge in [-0.1, -0.05) is 23.4 Å². The highest BCUT2D eigenvalue weighted by Crippen LogP contribution is 2.29. The molecule has 1 aliphatic heterocycles. The Morgan fingerprint density at radius 3 is 2.96 bits per heavy atom. The van der Waals surface area contributed by atoms with Crippen LogP contribution in [0.4, 0.5) is 5.69 Å². The van der Waals surface area contributed by atoms with Crippen LogP contribution in [-0.2, 0) is 4.79 Å². The Morgan fingerprint density at radius 2 is 2.19 bits per heavy atom. The van der Waals surface area contributed by atoms with Gasteiger partial charge < -0.3 is 14.6 Å². The monoisotopic (exact) mass is 370 g/mol. The fraction of sp³-hybridized carbons (Fsp3) is 0.278. The molecule has 1 aromatic carbocycles. The molecule has 0 spiro atoms. The van der Waals surface area contributed by atoms with Crippen molar-refractivity contribution in [2.75, 3.05) is 32.1 Å². The Morgan fingerprint density at radius 1 is 1.35 bits per heavy atom. The van der Waals surface area contributed by atoms with Gasteiger partial charge >= 0.3 is 0 Å². The molecule has 1 aliphatic rings. The number of methoxy groups -OCH3 is 1. The summed E-state index contributed by atoms with van der Waals surface area (Å²) in [6.45, 7) is 1.78. The highest BCUT2D eigenvalue weighted by molar-refractivity contribution is 7.13. The van der Waals surface area contributed by atoms with Crippen LogP contribution in [-0.4, -0.2) is 47.7 Å². The first-order valence-electron chi connectivity index (χ1n) is 8.25. The number of nitrogens with zero attached hydrogens (tertiary/aromatic N) is 3. The number of rotatable bonds is 6. The predicted molar refractivity (Wildman–Crippen MR) is 98.4 cm³/mol. The zero-order valence-electron chi connectivity index (χ0n) is 14.2. The van der Waals surface area contributed by atoms with Crippen molar-refractivity contribution in [1.29, 1.82) is 0 Å². The predicted octanol–water partition coefficient (Wildman–Crippen LogP) is 2.84. The summed E-state index contributed by atoms with van der Waals surface area (Å²) in [7, 11) is 1.58. The Labute approximate surface area is 154 Å². The molecule has 0 saturated carbocycles. The lowest BCUT2D eigenvalue weighted by Gasteiger charge is -2.36. The molecule has 3 aromatic rings. The van der Waals surface area contributed by atoms with Gasteiger partial charge in [-0.25, -0.2) is 0 Å². The molecule has 0 aliphatic carbocycles. The minimum absolute atomic E-state index is 0.0715. The lowest BCUT2D eigenvalue weighted by Crippen LogP contribution is -2.48. The molecule has 7 nitrogen and oxygen atoms in total. The van der Waals surface area contributed by atoms with Crippen molar-refractivity contribution in [3.63, 3.8) is 0 Å². The number of amides is 1. The third-order valence-corrected chi connectivity index (χ3v) is 5.10. The van der Waals surface area contributed by atoms with E-state index >= 15 is 0 Å². The van der Waals surface area contributed by atoms with Crippen molar-refractivity contribution >= 4 is 22.9 Å². The summed E-state index contributed by atoms with van der Waals surface area (Å²) in [4.78, 5) is 19.7. The second-order valence-electron chi connectivity index (χ2n) is 6.07. The van der Waals surface area contributed by atoms with E-state index in [9.17, 15) is 4.79 Å². The molecular formula is C18H18N4O3S. The standard InChI is InChI=1S/C18H18N4O3S/c1-24-14-6-3-2-5-13(14)19-16(23)11-22-9-12(10-22)18-20-17(21-25-18)15-7-4-8-26-15/h2-8,12H,9-11H2,1H3,(H,19,23). The molecule has 1 saturated heterocycles. The Hall–Kier alpha value is -2.71. The molecule has 0 atom stereocenters. The molecule has 0 radical (unpaired) electrons. The summed E-state index contributed by atoms with van der Waals surface area (Å²) in [6, 6.07) is 11.3. The number of thiophene rings is 1. The van der Waals surface area contributed by atoms with Gasteiger partial charge in [-0.05, 0) is 23.6 Å². The average molecular weight is 370 g/mol. The fourth-order valence-electron chi connectivity index (χ4n) is 2.90. The van der Waals surface area contributed by atoms with Crippen LogP contribution in [0.15, 0.2) is 46.3 Å². The van der Waals surface area contributed by atoms with Gasteiger partial charge in [-0.15, -0.1) is 11.3 Å². The SMILES string of the molecule is COc1ccccc1NC(=O)CN1CC(c2nc(-c3cccs3)no2)C1. The summed E-state index contributed by atoms with van der Waals surface area (Å²) < 4.78 is 10.6. The Kier molecular flexibility index (Phi) is 4.68. The number of aromatic nitrogens is 2. The lowest BCUT2D eigenvalue weighted by atomic mass is 10.0. The van der Waals surface area contributed by atoms with Gasteiger partial charge in [0.1, 0.15) is 5.75 Å². The molecule has 1 N–H and O–H groups in total. The molecule has 3 heterocycles. The van der Waals surface area contributed by atoms with Gasteiger partial charge in [0.2, 0.25) is 17.6 Å². The molecule has 1 amide bonds. The molecule has 4 rings (SSSR count). The second kappa shape index (κ2) is 7.27. The Balaban J connectivity index is 1.29. The Bertz CT molecular complexity index is 887. The maximum atomic E-state index is 12.2. The topological polar surface area (TPSA) is 80.5 Å². The first-order valence-corrected chi connectivity index (χ1v) is 9.13. The van der Waals surface area contributed by atoms with Crippen LogP contribution in [0.2, 0.25) is 0 Å². The van der Waals surface area contributed by atoms with Gasteiger partial charge in [0.25, 0.3) is 0 Å². The first kappa shape index (κ1) is 16.7. The molecular weight excluding hydrogens is 352 g/mol. The molecule has 26 heavy (non-hydrogen) atoms. The van der Waals surface area contributed by atoms with E-state index in [4.69, 9.17) is 9.26 Å². The van der Waals surface area contributed by atoms with E-state index in [2.05, 4.69) is 15.5 Å². The number of ether oxygens (including phenoxy) is 1. The molecule has 1 fully saturated rings. The van der Waals surface area contributed by atoms with E-state index in [0.717, 1.165) is 18.0 Å². The number of anilines is 1.